The zero-order valence-electron chi connectivity index (χ0n) is 14.9. The lowest BCUT2D eigenvalue weighted by Gasteiger charge is -2.21. The third kappa shape index (κ3) is 2.13. The molecule has 0 saturated carbocycles. The number of nitrogens with zero attached hydrogens (tertiary/aromatic N) is 3. The zero-order valence-corrected chi connectivity index (χ0v) is 14.9. The maximum atomic E-state index is 13.0. The normalized spacial score (nSPS) is 13.1. The number of para-hydroxylation sites is 1. The highest BCUT2D eigenvalue weighted by molar-refractivity contribution is 5.97. The second-order valence-electron chi connectivity index (χ2n) is 7.00. The summed E-state index contributed by atoms with van der Waals surface area (Å²) in [5.41, 5.74) is 3.25. The SMILES string of the molecule is CCCn1c2c(c3c(O)cc(O)cc31)CCn1c-2nc2ccccc2c1=O. The van der Waals surface area contributed by atoms with E-state index in [1.807, 2.05) is 18.2 Å². The first-order valence-electron chi connectivity index (χ1n) is 9.17. The number of aromatic hydroxyl groups is 2. The third-order valence-electron chi connectivity index (χ3n) is 5.34. The first-order valence-corrected chi connectivity index (χ1v) is 9.17. The first kappa shape index (κ1) is 15.9. The van der Waals surface area contributed by atoms with E-state index < -0.39 is 0 Å². The van der Waals surface area contributed by atoms with Crippen molar-refractivity contribution in [3.8, 4) is 23.0 Å². The average molecular weight is 361 g/mol. The quantitative estimate of drug-likeness (QED) is 0.573. The number of fused-ring (bicyclic) bond motifs is 6. The molecule has 3 heterocycles. The van der Waals surface area contributed by atoms with Crippen LogP contribution >= 0.6 is 0 Å². The van der Waals surface area contributed by atoms with Crippen LogP contribution in [0.3, 0.4) is 0 Å². The number of aromatic nitrogens is 3. The maximum absolute atomic E-state index is 13.0. The Hall–Kier alpha value is -3.28. The van der Waals surface area contributed by atoms with Crippen molar-refractivity contribution in [3.05, 3.63) is 52.3 Å². The lowest BCUT2D eigenvalue weighted by atomic mass is 10.0. The molecule has 0 radical (unpaired) electrons. The fourth-order valence-corrected chi connectivity index (χ4v) is 4.26. The molecule has 6 heteroatoms. The Morgan fingerprint density at radius 3 is 2.81 bits per heavy atom. The second-order valence-corrected chi connectivity index (χ2v) is 7.00. The second kappa shape index (κ2) is 5.61. The van der Waals surface area contributed by atoms with Gasteiger partial charge in [0.05, 0.1) is 22.1 Å². The molecule has 5 rings (SSSR count). The van der Waals surface area contributed by atoms with Gasteiger partial charge in [-0.25, -0.2) is 4.98 Å². The Labute approximate surface area is 154 Å². The molecule has 27 heavy (non-hydrogen) atoms. The third-order valence-corrected chi connectivity index (χ3v) is 5.34. The number of phenolic OH excluding ortho intramolecular Hbond substituents is 2. The summed E-state index contributed by atoms with van der Waals surface area (Å²) in [6.45, 7) is 3.30. The molecule has 0 spiro atoms. The molecular weight excluding hydrogens is 342 g/mol. The van der Waals surface area contributed by atoms with Crippen molar-refractivity contribution in [1.29, 1.82) is 0 Å². The summed E-state index contributed by atoms with van der Waals surface area (Å²) in [6, 6.07) is 10.4. The van der Waals surface area contributed by atoms with Crippen molar-refractivity contribution in [2.24, 2.45) is 0 Å². The van der Waals surface area contributed by atoms with E-state index >= 15 is 0 Å². The molecule has 0 aliphatic carbocycles. The molecule has 2 aromatic heterocycles. The van der Waals surface area contributed by atoms with Gasteiger partial charge in [0.1, 0.15) is 11.5 Å². The van der Waals surface area contributed by atoms with Crippen LogP contribution in [0.25, 0.3) is 33.3 Å². The molecule has 0 unspecified atom stereocenters. The number of aryl methyl sites for hydroxylation is 2. The summed E-state index contributed by atoms with van der Waals surface area (Å²) in [7, 11) is 0. The Balaban J connectivity index is 1.95. The molecule has 0 atom stereocenters. The monoisotopic (exact) mass is 361 g/mol. The van der Waals surface area contributed by atoms with E-state index in [1.165, 1.54) is 6.07 Å². The molecule has 4 aromatic rings. The lowest BCUT2D eigenvalue weighted by Crippen LogP contribution is -2.28. The Morgan fingerprint density at radius 1 is 1.19 bits per heavy atom. The summed E-state index contributed by atoms with van der Waals surface area (Å²) in [5.74, 6) is 0.715. The first-order chi connectivity index (χ1) is 13.1. The van der Waals surface area contributed by atoms with Crippen LogP contribution in [0.4, 0.5) is 0 Å². The Morgan fingerprint density at radius 2 is 2.00 bits per heavy atom. The van der Waals surface area contributed by atoms with Gasteiger partial charge in [0.15, 0.2) is 5.82 Å². The van der Waals surface area contributed by atoms with Crippen molar-refractivity contribution >= 4 is 21.8 Å². The lowest BCUT2D eigenvalue weighted by molar-refractivity contribution is 0.454. The van der Waals surface area contributed by atoms with Gasteiger partial charge in [-0.3, -0.25) is 9.36 Å². The highest BCUT2D eigenvalue weighted by Gasteiger charge is 2.28. The summed E-state index contributed by atoms with van der Waals surface area (Å²) in [6.07, 6.45) is 1.51. The van der Waals surface area contributed by atoms with Crippen molar-refractivity contribution < 1.29 is 10.2 Å². The molecule has 0 saturated heterocycles. The topological polar surface area (TPSA) is 80.3 Å². The van der Waals surface area contributed by atoms with E-state index in [0.717, 1.165) is 28.6 Å². The summed E-state index contributed by atoms with van der Waals surface area (Å²) < 4.78 is 3.79. The van der Waals surface area contributed by atoms with Crippen molar-refractivity contribution in [2.45, 2.75) is 32.9 Å². The predicted molar refractivity (Wildman–Crippen MR) is 104 cm³/mol. The van der Waals surface area contributed by atoms with Gasteiger partial charge in [-0.2, -0.15) is 0 Å². The maximum Gasteiger partial charge on any atom is 0.261 e. The molecule has 6 nitrogen and oxygen atoms in total. The largest absolute Gasteiger partial charge is 0.508 e. The highest BCUT2D eigenvalue weighted by atomic mass is 16.3. The van der Waals surface area contributed by atoms with E-state index in [0.29, 0.717) is 36.2 Å². The fourth-order valence-electron chi connectivity index (χ4n) is 4.26. The molecule has 2 N–H and O–H groups in total. The van der Waals surface area contributed by atoms with Crippen molar-refractivity contribution in [2.75, 3.05) is 0 Å². The minimum Gasteiger partial charge on any atom is -0.508 e. The van der Waals surface area contributed by atoms with Gasteiger partial charge < -0.3 is 14.8 Å². The van der Waals surface area contributed by atoms with Gasteiger partial charge >= 0.3 is 0 Å². The Bertz CT molecular complexity index is 1280. The van der Waals surface area contributed by atoms with E-state index in [2.05, 4.69) is 11.5 Å². The van der Waals surface area contributed by atoms with Crippen molar-refractivity contribution in [3.63, 3.8) is 0 Å². The molecule has 1 aliphatic rings. The predicted octanol–water partition coefficient (Wildman–Crippen LogP) is 3.40. The Kier molecular flexibility index (Phi) is 3.31. The molecule has 0 amide bonds. The van der Waals surface area contributed by atoms with Crippen LogP contribution in [0.5, 0.6) is 11.5 Å². The van der Waals surface area contributed by atoms with E-state index in [4.69, 9.17) is 4.98 Å². The van der Waals surface area contributed by atoms with Gasteiger partial charge in [-0.05, 0) is 30.5 Å². The zero-order chi connectivity index (χ0) is 18.7. The van der Waals surface area contributed by atoms with Gasteiger partial charge in [-0.15, -0.1) is 0 Å². The van der Waals surface area contributed by atoms with E-state index in [-0.39, 0.29) is 17.1 Å². The van der Waals surface area contributed by atoms with Gasteiger partial charge in [0.25, 0.3) is 5.56 Å². The number of hydrogen-bond acceptors (Lipinski definition) is 4. The minimum absolute atomic E-state index is 0.0241. The smallest absolute Gasteiger partial charge is 0.261 e. The number of phenols is 2. The number of benzene rings is 2. The standard InChI is InChI=1S/C21H19N3O3/c1-2-8-23-16-10-12(25)11-17(26)18(16)14-7-9-24-20(19(14)23)22-15-6-4-3-5-13(15)21(24)27/h3-6,10-11,25-26H,2,7-9H2,1H3. The minimum atomic E-state index is -0.0402. The summed E-state index contributed by atoms with van der Waals surface area (Å²) in [5, 5.41) is 21.9. The molecule has 136 valence electrons. The van der Waals surface area contributed by atoms with Crippen LogP contribution in [0.15, 0.2) is 41.2 Å². The molecular formula is C21H19N3O3. The van der Waals surface area contributed by atoms with Gasteiger partial charge in [0, 0.05) is 30.6 Å². The van der Waals surface area contributed by atoms with Crippen LogP contribution in [0, 0.1) is 0 Å². The summed E-state index contributed by atoms with van der Waals surface area (Å²) in [4.78, 5) is 17.8. The summed E-state index contributed by atoms with van der Waals surface area (Å²) >= 11 is 0. The van der Waals surface area contributed by atoms with Crippen LogP contribution in [0.1, 0.15) is 18.9 Å². The van der Waals surface area contributed by atoms with E-state index in [9.17, 15) is 15.0 Å². The van der Waals surface area contributed by atoms with Gasteiger partial charge in [-0.1, -0.05) is 19.1 Å². The molecule has 1 aliphatic heterocycles. The number of hydrogen-bond donors (Lipinski definition) is 2. The average Bonchev–Trinajstić information content (AvgIpc) is 2.96. The molecule has 0 bridgehead atoms. The fraction of sp³-hybridized carbons (Fsp3) is 0.238. The van der Waals surface area contributed by atoms with Crippen LogP contribution in [-0.2, 0) is 19.5 Å². The number of rotatable bonds is 2. The van der Waals surface area contributed by atoms with Crippen LogP contribution in [-0.4, -0.2) is 24.3 Å². The molecule has 2 aromatic carbocycles. The highest BCUT2D eigenvalue weighted by Crippen LogP contribution is 2.42. The molecule has 0 fully saturated rings. The van der Waals surface area contributed by atoms with E-state index in [1.54, 1.807) is 16.7 Å². The van der Waals surface area contributed by atoms with Gasteiger partial charge in [0.2, 0.25) is 0 Å². The van der Waals surface area contributed by atoms with Crippen LogP contribution < -0.4 is 5.56 Å². The van der Waals surface area contributed by atoms with Crippen molar-refractivity contribution in [1.82, 2.24) is 14.1 Å². The van der Waals surface area contributed by atoms with Crippen LogP contribution in [0.2, 0.25) is 0 Å².